The third-order valence-corrected chi connectivity index (χ3v) is 3.82. The molecule has 1 saturated heterocycles. The number of piperazine rings is 1. The molecule has 1 fully saturated rings. The molecule has 0 spiro atoms. The molecule has 1 heterocycles. The molecule has 1 amide bonds. The van der Waals surface area contributed by atoms with Gasteiger partial charge in [0.2, 0.25) is 5.91 Å². The third kappa shape index (κ3) is 4.78. The van der Waals surface area contributed by atoms with Gasteiger partial charge in [0.05, 0.1) is 5.75 Å². The molecule has 1 atom stereocenters. The van der Waals surface area contributed by atoms with E-state index in [1.54, 1.807) is 11.8 Å². The Kier molecular flexibility index (Phi) is 7.04. The van der Waals surface area contributed by atoms with Crippen molar-refractivity contribution < 1.29 is 9.90 Å². The van der Waals surface area contributed by atoms with E-state index in [0.29, 0.717) is 17.7 Å². The average molecular weight is 274 g/mol. The van der Waals surface area contributed by atoms with Crippen molar-refractivity contribution in [1.29, 1.82) is 0 Å². The van der Waals surface area contributed by atoms with E-state index >= 15 is 0 Å². The highest BCUT2D eigenvalue weighted by molar-refractivity contribution is 7.99. The minimum Gasteiger partial charge on any atom is -0.396 e. The van der Waals surface area contributed by atoms with Crippen LogP contribution in [0.15, 0.2) is 0 Å². The van der Waals surface area contributed by atoms with Crippen LogP contribution in [0.5, 0.6) is 0 Å². The predicted octanol–water partition coefficient (Wildman–Crippen LogP) is 0.901. The molecule has 1 aliphatic rings. The van der Waals surface area contributed by atoms with Crippen LogP contribution >= 0.6 is 11.8 Å². The summed E-state index contributed by atoms with van der Waals surface area (Å²) >= 11 is 1.58. The van der Waals surface area contributed by atoms with E-state index in [1.165, 1.54) is 0 Å². The molecule has 1 rings (SSSR count). The maximum absolute atomic E-state index is 11.9. The highest BCUT2D eigenvalue weighted by Crippen LogP contribution is 2.15. The van der Waals surface area contributed by atoms with Crippen molar-refractivity contribution in [3.05, 3.63) is 0 Å². The molecule has 1 aliphatic heterocycles. The van der Waals surface area contributed by atoms with Gasteiger partial charge in [0.15, 0.2) is 0 Å². The van der Waals surface area contributed by atoms with Crippen molar-refractivity contribution in [3.63, 3.8) is 0 Å². The smallest absolute Gasteiger partial charge is 0.232 e. The SMILES string of the molecule is CSCC(=O)N1CCN(CC(C)C)[C@H](CCO)C1. The summed E-state index contributed by atoms with van der Waals surface area (Å²) in [7, 11) is 0. The summed E-state index contributed by atoms with van der Waals surface area (Å²) in [5, 5.41) is 9.16. The van der Waals surface area contributed by atoms with Crippen LogP contribution in [0, 0.1) is 5.92 Å². The van der Waals surface area contributed by atoms with Gasteiger partial charge < -0.3 is 10.0 Å². The monoisotopic (exact) mass is 274 g/mol. The molecule has 18 heavy (non-hydrogen) atoms. The van der Waals surface area contributed by atoms with E-state index in [-0.39, 0.29) is 12.5 Å². The largest absolute Gasteiger partial charge is 0.396 e. The van der Waals surface area contributed by atoms with Gasteiger partial charge in [0, 0.05) is 38.8 Å². The molecule has 0 radical (unpaired) electrons. The fourth-order valence-electron chi connectivity index (χ4n) is 2.47. The van der Waals surface area contributed by atoms with Gasteiger partial charge in [-0.05, 0) is 18.6 Å². The van der Waals surface area contributed by atoms with Crippen LogP contribution in [-0.4, -0.2) is 71.6 Å². The minimum atomic E-state index is 0.198. The summed E-state index contributed by atoms with van der Waals surface area (Å²) in [5.41, 5.74) is 0. The summed E-state index contributed by atoms with van der Waals surface area (Å²) in [6.07, 6.45) is 2.72. The zero-order valence-electron chi connectivity index (χ0n) is 11.8. The molecule has 0 aromatic rings. The van der Waals surface area contributed by atoms with Gasteiger partial charge in [0.1, 0.15) is 0 Å². The van der Waals surface area contributed by atoms with Gasteiger partial charge in [-0.15, -0.1) is 0 Å². The van der Waals surface area contributed by atoms with Crippen molar-refractivity contribution in [3.8, 4) is 0 Å². The second-order valence-electron chi connectivity index (χ2n) is 5.33. The Hall–Kier alpha value is -0.260. The number of aliphatic hydroxyl groups is 1. The lowest BCUT2D eigenvalue weighted by molar-refractivity contribution is -0.131. The van der Waals surface area contributed by atoms with E-state index in [1.807, 2.05) is 11.2 Å². The molecular weight excluding hydrogens is 248 g/mol. The molecule has 106 valence electrons. The van der Waals surface area contributed by atoms with Crippen molar-refractivity contribution in [2.75, 3.05) is 44.8 Å². The number of carbonyl (C=O) groups excluding carboxylic acids is 1. The average Bonchev–Trinajstić information content (AvgIpc) is 2.31. The molecule has 5 heteroatoms. The highest BCUT2D eigenvalue weighted by atomic mass is 32.2. The Morgan fingerprint density at radius 3 is 2.72 bits per heavy atom. The highest BCUT2D eigenvalue weighted by Gasteiger charge is 2.28. The zero-order valence-corrected chi connectivity index (χ0v) is 12.6. The van der Waals surface area contributed by atoms with E-state index in [9.17, 15) is 4.79 Å². The van der Waals surface area contributed by atoms with Gasteiger partial charge >= 0.3 is 0 Å². The molecular formula is C13H26N2O2S. The normalized spacial score (nSPS) is 21.6. The molecule has 0 unspecified atom stereocenters. The Morgan fingerprint density at radius 2 is 2.17 bits per heavy atom. The minimum absolute atomic E-state index is 0.198. The molecule has 0 bridgehead atoms. The quantitative estimate of drug-likeness (QED) is 0.781. The standard InChI is InChI=1S/C13H26N2O2S/c1-11(2)8-14-5-6-15(13(17)10-18-3)9-12(14)4-7-16/h11-12,16H,4-10H2,1-3H3/t12-/m1/s1. The first-order chi connectivity index (χ1) is 8.58. The summed E-state index contributed by atoms with van der Waals surface area (Å²) in [4.78, 5) is 16.3. The van der Waals surface area contributed by atoms with Crippen LogP contribution in [0.4, 0.5) is 0 Å². The van der Waals surface area contributed by atoms with Gasteiger partial charge in [0.25, 0.3) is 0 Å². The Morgan fingerprint density at radius 1 is 1.44 bits per heavy atom. The number of thioether (sulfide) groups is 1. The Bertz CT molecular complexity index is 261. The number of amides is 1. The van der Waals surface area contributed by atoms with Gasteiger partial charge in [-0.2, -0.15) is 11.8 Å². The number of hydrogen-bond acceptors (Lipinski definition) is 4. The lowest BCUT2D eigenvalue weighted by Crippen LogP contribution is -2.56. The summed E-state index contributed by atoms with van der Waals surface area (Å²) < 4.78 is 0. The number of carbonyl (C=O) groups is 1. The second kappa shape index (κ2) is 8.02. The summed E-state index contributed by atoms with van der Waals surface area (Å²) in [6.45, 7) is 8.20. The van der Waals surface area contributed by atoms with Crippen LogP contribution < -0.4 is 0 Å². The maximum atomic E-state index is 11.9. The number of hydrogen-bond donors (Lipinski definition) is 1. The topological polar surface area (TPSA) is 43.8 Å². The van der Waals surface area contributed by atoms with Gasteiger partial charge in [-0.3, -0.25) is 9.69 Å². The van der Waals surface area contributed by atoms with Crippen LogP contribution in [0.3, 0.4) is 0 Å². The number of aliphatic hydroxyl groups excluding tert-OH is 1. The van der Waals surface area contributed by atoms with Crippen molar-refractivity contribution in [2.45, 2.75) is 26.3 Å². The Balaban J connectivity index is 2.55. The number of nitrogens with zero attached hydrogens (tertiary/aromatic N) is 2. The number of rotatable bonds is 6. The van der Waals surface area contributed by atoms with Gasteiger partial charge in [-0.25, -0.2) is 0 Å². The van der Waals surface area contributed by atoms with Crippen molar-refractivity contribution in [2.24, 2.45) is 5.92 Å². The van der Waals surface area contributed by atoms with Crippen LogP contribution in [0.2, 0.25) is 0 Å². The van der Waals surface area contributed by atoms with Crippen LogP contribution in [0.1, 0.15) is 20.3 Å². The molecule has 0 aromatic carbocycles. The van der Waals surface area contributed by atoms with Crippen LogP contribution in [-0.2, 0) is 4.79 Å². The van der Waals surface area contributed by atoms with Gasteiger partial charge in [-0.1, -0.05) is 13.8 Å². The van der Waals surface area contributed by atoms with E-state index in [0.717, 1.165) is 32.6 Å². The third-order valence-electron chi connectivity index (χ3n) is 3.29. The lowest BCUT2D eigenvalue weighted by atomic mass is 10.1. The zero-order chi connectivity index (χ0) is 13.5. The Labute approximate surface area is 115 Å². The first-order valence-corrected chi connectivity index (χ1v) is 8.09. The maximum Gasteiger partial charge on any atom is 0.232 e. The van der Waals surface area contributed by atoms with E-state index < -0.39 is 0 Å². The lowest BCUT2D eigenvalue weighted by Gasteiger charge is -2.42. The van der Waals surface area contributed by atoms with Crippen molar-refractivity contribution in [1.82, 2.24) is 9.80 Å². The van der Waals surface area contributed by atoms with Crippen molar-refractivity contribution >= 4 is 17.7 Å². The molecule has 0 saturated carbocycles. The summed E-state index contributed by atoms with van der Waals surface area (Å²) in [6, 6.07) is 0.317. The molecule has 4 nitrogen and oxygen atoms in total. The second-order valence-corrected chi connectivity index (χ2v) is 6.19. The van der Waals surface area contributed by atoms with E-state index in [2.05, 4.69) is 18.7 Å². The fourth-order valence-corrected chi connectivity index (χ4v) is 2.90. The fraction of sp³-hybridized carbons (Fsp3) is 0.923. The first kappa shape index (κ1) is 15.8. The molecule has 0 aliphatic carbocycles. The molecule has 1 N–H and O–H groups in total. The predicted molar refractivity (Wildman–Crippen MR) is 76.9 cm³/mol. The molecule has 0 aromatic heterocycles. The van der Waals surface area contributed by atoms with E-state index in [4.69, 9.17) is 5.11 Å². The van der Waals surface area contributed by atoms with Crippen LogP contribution in [0.25, 0.3) is 0 Å². The summed E-state index contributed by atoms with van der Waals surface area (Å²) in [5.74, 6) is 1.42. The first-order valence-electron chi connectivity index (χ1n) is 6.70.